The zero-order valence-electron chi connectivity index (χ0n) is 15.7. The summed E-state index contributed by atoms with van der Waals surface area (Å²) in [5.74, 6) is 0.369. The van der Waals surface area contributed by atoms with Gasteiger partial charge in [0.1, 0.15) is 0 Å². The number of nitrogens with one attached hydrogen (secondary N) is 1. The van der Waals surface area contributed by atoms with Crippen molar-refractivity contribution in [2.24, 2.45) is 10.7 Å². The van der Waals surface area contributed by atoms with Crippen LogP contribution in [0.3, 0.4) is 0 Å². The molecule has 0 amide bonds. The Labute approximate surface area is 178 Å². The second kappa shape index (κ2) is 9.05. The van der Waals surface area contributed by atoms with Crippen LogP contribution in [0.25, 0.3) is 0 Å². The number of fused-ring (bicyclic) bond motifs is 1. The van der Waals surface area contributed by atoms with Crippen molar-refractivity contribution in [2.75, 3.05) is 11.6 Å². The van der Waals surface area contributed by atoms with Gasteiger partial charge in [0.15, 0.2) is 15.8 Å². The second-order valence-corrected chi connectivity index (χ2v) is 8.83. The van der Waals surface area contributed by atoms with Gasteiger partial charge in [0.25, 0.3) is 0 Å². The van der Waals surface area contributed by atoms with E-state index in [4.69, 9.17) is 5.73 Å². The van der Waals surface area contributed by atoms with Gasteiger partial charge in [0, 0.05) is 11.9 Å². The van der Waals surface area contributed by atoms with E-state index < -0.39 is 9.84 Å². The normalized spacial score (nSPS) is 14.2. The van der Waals surface area contributed by atoms with E-state index >= 15 is 0 Å². The molecule has 0 saturated heterocycles. The van der Waals surface area contributed by atoms with Gasteiger partial charge in [-0.1, -0.05) is 24.3 Å². The van der Waals surface area contributed by atoms with Crippen LogP contribution < -0.4 is 11.1 Å². The first-order chi connectivity index (χ1) is 12.3. The summed E-state index contributed by atoms with van der Waals surface area (Å²) < 4.78 is 23.4. The van der Waals surface area contributed by atoms with Crippen LogP contribution in [0, 0.1) is 6.92 Å². The van der Waals surface area contributed by atoms with Crippen LogP contribution in [0.4, 0.5) is 5.69 Å². The predicted molar refractivity (Wildman–Crippen MR) is 122 cm³/mol. The third kappa shape index (κ3) is 5.44. The van der Waals surface area contributed by atoms with E-state index in [-0.39, 0.29) is 24.0 Å². The number of aryl methyl sites for hydroxylation is 2. The van der Waals surface area contributed by atoms with Gasteiger partial charge < -0.3 is 11.1 Å². The minimum atomic E-state index is -3.20. The van der Waals surface area contributed by atoms with E-state index in [2.05, 4.69) is 16.4 Å². The average molecular weight is 499 g/mol. The average Bonchev–Trinajstić information content (AvgIpc) is 2.59. The fourth-order valence-corrected chi connectivity index (χ4v) is 4.44. The molecule has 1 aliphatic carbocycles. The molecule has 0 bridgehead atoms. The molecule has 0 fully saturated rings. The van der Waals surface area contributed by atoms with E-state index in [1.54, 1.807) is 19.1 Å². The van der Waals surface area contributed by atoms with Gasteiger partial charge in [-0.05, 0) is 67.0 Å². The monoisotopic (exact) mass is 499 g/mol. The Balaban J connectivity index is 0.00000261. The van der Waals surface area contributed by atoms with Crippen LogP contribution in [0.5, 0.6) is 0 Å². The van der Waals surface area contributed by atoms with Gasteiger partial charge in [-0.3, -0.25) is 0 Å². The van der Waals surface area contributed by atoms with E-state index in [9.17, 15) is 8.42 Å². The Morgan fingerprint density at radius 1 is 1.19 bits per heavy atom. The Morgan fingerprint density at radius 2 is 1.93 bits per heavy atom. The molecule has 3 rings (SSSR count). The highest BCUT2D eigenvalue weighted by Crippen LogP contribution is 2.27. The lowest BCUT2D eigenvalue weighted by Gasteiger charge is -2.19. The molecule has 0 saturated carbocycles. The topological polar surface area (TPSA) is 84.5 Å². The van der Waals surface area contributed by atoms with Gasteiger partial charge >= 0.3 is 0 Å². The number of nitrogens with zero attached hydrogens (tertiary/aromatic N) is 1. The van der Waals surface area contributed by atoms with Crippen molar-refractivity contribution >= 4 is 45.5 Å². The standard InChI is InChI=1S/C20H25N3O2S.HI/c1-14-12-15(10-11-19(14)26(2,24)25)13-22-20(21)23-18-9-5-7-16-6-3-4-8-17(16)18;/h5,7,9-12H,3-4,6,8,13H2,1-2H3,(H3,21,22,23);1H. The lowest BCUT2D eigenvalue weighted by molar-refractivity contribution is 0.601. The van der Waals surface area contributed by atoms with Crippen LogP contribution in [0.2, 0.25) is 0 Å². The van der Waals surface area contributed by atoms with Crippen LogP contribution in [-0.2, 0) is 29.2 Å². The Morgan fingerprint density at radius 3 is 2.63 bits per heavy atom. The minimum Gasteiger partial charge on any atom is -0.370 e. The summed E-state index contributed by atoms with van der Waals surface area (Å²) in [5, 5.41) is 3.22. The van der Waals surface area contributed by atoms with E-state index in [1.807, 2.05) is 18.2 Å². The fraction of sp³-hybridized carbons (Fsp3) is 0.350. The summed E-state index contributed by atoms with van der Waals surface area (Å²) in [7, 11) is -3.20. The number of rotatable bonds is 4. The van der Waals surface area contributed by atoms with Gasteiger partial charge in [-0.15, -0.1) is 24.0 Å². The number of hydrogen-bond donors (Lipinski definition) is 2. The third-order valence-corrected chi connectivity index (χ3v) is 5.99. The van der Waals surface area contributed by atoms with E-state index in [0.717, 1.165) is 29.7 Å². The lowest BCUT2D eigenvalue weighted by Crippen LogP contribution is -2.24. The molecule has 27 heavy (non-hydrogen) atoms. The number of aliphatic imine (C=N–C) groups is 1. The fourth-order valence-electron chi connectivity index (χ4n) is 3.48. The van der Waals surface area contributed by atoms with E-state index in [1.165, 1.54) is 30.2 Å². The summed E-state index contributed by atoms with van der Waals surface area (Å²) in [5.41, 5.74) is 11.5. The van der Waals surface area contributed by atoms with Crippen molar-refractivity contribution in [3.05, 3.63) is 58.7 Å². The van der Waals surface area contributed by atoms with Crippen molar-refractivity contribution in [2.45, 2.75) is 44.0 Å². The maximum atomic E-state index is 11.7. The summed E-state index contributed by atoms with van der Waals surface area (Å²) in [4.78, 5) is 4.76. The van der Waals surface area contributed by atoms with Crippen LogP contribution in [-0.4, -0.2) is 20.6 Å². The highest BCUT2D eigenvalue weighted by Gasteiger charge is 2.13. The zero-order chi connectivity index (χ0) is 18.7. The first-order valence-corrected chi connectivity index (χ1v) is 10.7. The number of hydrogen-bond acceptors (Lipinski definition) is 3. The summed E-state index contributed by atoms with van der Waals surface area (Å²) in [6, 6.07) is 11.5. The molecular formula is C20H26IN3O2S. The lowest BCUT2D eigenvalue weighted by atomic mass is 9.90. The molecule has 146 valence electrons. The predicted octanol–water partition coefficient (Wildman–Crippen LogP) is 3.82. The van der Waals surface area contributed by atoms with Crippen molar-refractivity contribution in [3.8, 4) is 0 Å². The van der Waals surface area contributed by atoms with Crippen LogP contribution >= 0.6 is 24.0 Å². The molecular weight excluding hydrogens is 473 g/mol. The Kier molecular flexibility index (Phi) is 7.27. The molecule has 2 aromatic carbocycles. The minimum absolute atomic E-state index is 0. The molecule has 5 nitrogen and oxygen atoms in total. The van der Waals surface area contributed by atoms with Crippen molar-refractivity contribution in [1.29, 1.82) is 0 Å². The maximum Gasteiger partial charge on any atom is 0.193 e. The molecule has 1 aliphatic rings. The molecule has 0 aromatic heterocycles. The summed E-state index contributed by atoms with van der Waals surface area (Å²) >= 11 is 0. The largest absolute Gasteiger partial charge is 0.370 e. The molecule has 0 heterocycles. The Hall–Kier alpha value is -1.61. The first-order valence-electron chi connectivity index (χ1n) is 8.82. The first kappa shape index (κ1) is 21.7. The molecule has 2 aromatic rings. The van der Waals surface area contributed by atoms with Crippen molar-refractivity contribution < 1.29 is 8.42 Å². The number of benzene rings is 2. The van der Waals surface area contributed by atoms with Gasteiger partial charge in [0.2, 0.25) is 0 Å². The molecule has 0 radical (unpaired) electrons. The molecule has 3 N–H and O–H groups in total. The van der Waals surface area contributed by atoms with Gasteiger partial charge in [0.05, 0.1) is 11.4 Å². The number of anilines is 1. The van der Waals surface area contributed by atoms with Crippen molar-refractivity contribution in [1.82, 2.24) is 0 Å². The molecule has 0 unspecified atom stereocenters. The molecule has 7 heteroatoms. The molecule has 0 aliphatic heterocycles. The van der Waals surface area contributed by atoms with Gasteiger partial charge in [-0.25, -0.2) is 13.4 Å². The highest BCUT2D eigenvalue weighted by molar-refractivity contribution is 14.0. The van der Waals surface area contributed by atoms with Crippen molar-refractivity contribution in [3.63, 3.8) is 0 Å². The SMILES string of the molecule is Cc1cc(CN=C(N)Nc2cccc3c2CCCC3)ccc1S(C)(=O)=O.I. The Bertz CT molecular complexity index is 956. The smallest absolute Gasteiger partial charge is 0.193 e. The summed E-state index contributed by atoms with van der Waals surface area (Å²) in [6.07, 6.45) is 5.85. The third-order valence-electron chi connectivity index (χ3n) is 4.73. The van der Waals surface area contributed by atoms with Crippen LogP contribution in [0.1, 0.15) is 35.1 Å². The number of sulfone groups is 1. The zero-order valence-corrected chi connectivity index (χ0v) is 18.8. The maximum absolute atomic E-state index is 11.7. The van der Waals surface area contributed by atoms with E-state index in [0.29, 0.717) is 17.4 Å². The second-order valence-electron chi connectivity index (χ2n) is 6.85. The quantitative estimate of drug-likeness (QED) is 0.381. The summed E-state index contributed by atoms with van der Waals surface area (Å²) in [6.45, 7) is 2.19. The van der Waals surface area contributed by atoms with Crippen LogP contribution in [0.15, 0.2) is 46.3 Å². The molecule has 0 atom stereocenters. The highest BCUT2D eigenvalue weighted by atomic mass is 127. The molecule has 0 spiro atoms. The number of guanidine groups is 1. The number of nitrogens with two attached hydrogens (primary N) is 1. The van der Waals surface area contributed by atoms with Gasteiger partial charge in [-0.2, -0.15) is 0 Å². The number of halogens is 1.